The molecule has 46 heavy (non-hydrogen) atoms. The van der Waals surface area contributed by atoms with E-state index in [4.69, 9.17) is 29.5 Å². The number of ether oxygens (including phenoxy) is 2. The number of hydrogen-bond donors (Lipinski definition) is 2. The van der Waals surface area contributed by atoms with E-state index in [0.717, 1.165) is 37.8 Å². The highest BCUT2D eigenvalue weighted by atomic mass is 32.1. The third-order valence-corrected chi connectivity index (χ3v) is 8.04. The van der Waals surface area contributed by atoms with Gasteiger partial charge in [0.05, 0.1) is 19.2 Å². The maximum Gasteiger partial charge on any atom is 0.490 e. The standard InChI is InChI=1S/C28H25FN4O5S.C2HF3O2/c1-14-15(2)39-28-25(14)26(30-21(12-24(36)37-4)27-32-31-16(3)33(27)28)18-7-5-17(6-8-18)19-9-10-22(20(29)11-19)38-13-23(34)35;3-2(4,5)1(6)7/h5-11,21H,12-13H2,1-4H3,(H,34,35);(H,6,7)/t21-;/m0./s1. The molecule has 0 spiro atoms. The zero-order chi connectivity index (χ0) is 33.9. The molecular formula is C30H26F4N4O7S. The Bertz CT molecular complexity index is 1830. The summed E-state index contributed by atoms with van der Waals surface area (Å²) in [4.78, 5) is 38.1. The number of aliphatic imine (C=N–C) groups is 1. The number of nitrogens with zero attached hydrogens (tertiary/aromatic N) is 4. The maximum absolute atomic E-state index is 14.5. The Morgan fingerprint density at radius 1 is 0.978 bits per heavy atom. The summed E-state index contributed by atoms with van der Waals surface area (Å²) in [6.07, 6.45) is -5.07. The molecule has 2 aromatic carbocycles. The Balaban J connectivity index is 0.000000617. The Labute approximate surface area is 262 Å². The van der Waals surface area contributed by atoms with E-state index in [0.29, 0.717) is 17.2 Å². The van der Waals surface area contributed by atoms with Gasteiger partial charge < -0.3 is 19.7 Å². The number of aliphatic carboxylic acids is 2. The molecule has 1 aliphatic rings. The zero-order valence-electron chi connectivity index (χ0n) is 24.7. The van der Waals surface area contributed by atoms with Gasteiger partial charge in [0.15, 0.2) is 24.0 Å². The smallest absolute Gasteiger partial charge is 0.479 e. The van der Waals surface area contributed by atoms with Crippen LogP contribution in [-0.4, -0.2) is 68.5 Å². The van der Waals surface area contributed by atoms with Crippen molar-refractivity contribution in [2.45, 2.75) is 39.4 Å². The van der Waals surface area contributed by atoms with Crippen LogP contribution in [0, 0.1) is 26.6 Å². The van der Waals surface area contributed by atoms with Gasteiger partial charge >= 0.3 is 24.1 Å². The first-order chi connectivity index (χ1) is 21.6. The van der Waals surface area contributed by atoms with Crippen molar-refractivity contribution < 1.29 is 51.6 Å². The third-order valence-electron chi connectivity index (χ3n) is 6.84. The first-order valence-electron chi connectivity index (χ1n) is 13.3. The SMILES string of the molecule is COC(=O)C[C@@H]1N=C(c2ccc(-c3ccc(OCC(=O)O)c(F)c3)cc2)c2c(sc(C)c2C)-n2c(C)nnc21.O=C(O)C(F)(F)F. The lowest BCUT2D eigenvalue weighted by atomic mass is 9.97. The highest BCUT2D eigenvalue weighted by Gasteiger charge is 2.38. The van der Waals surface area contributed by atoms with Crippen LogP contribution in [-0.2, 0) is 19.1 Å². The molecule has 5 rings (SSSR count). The number of fused-ring (bicyclic) bond motifs is 3. The van der Waals surface area contributed by atoms with Gasteiger partial charge in [-0.05, 0) is 49.6 Å². The van der Waals surface area contributed by atoms with Crippen molar-refractivity contribution in [3.8, 4) is 21.9 Å². The van der Waals surface area contributed by atoms with Crippen molar-refractivity contribution >= 4 is 35.0 Å². The van der Waals surface area contributed by atoms with Gasteiger partial charge in [-0.2, -0.15) is 13.2 Å². The van der Waals surface area contributed by atoms with Gasteiger partial charge in [-0.25, -0.2) is 14.0 Å². The van der Waals surface area contributed by atoms with Crippen molar-refractivity contribution in [3.05, 3.63) is 81.5 Å². The van der Waals surface area contributed by atoms with Crippen LogP contribution >= 0.6 is 11.3 Å². The second-order valence-electron chi connectivity index (χ2n) is 9.89. The molecule has 0 saturated heterocycles. The lowest BCUT2D eigenvalue weighted by Crippen LogP contribution is -2.21. The summed E-state index contributed by atoms with van der Waals surface area (Å²) < 4.78 is 58.2. The normalized spacial score (nSPS) is 13.7. The van der Waals surface area contributed by atoms with Crippen LogP contribution in [0.15, 0.2) is 47.5 Å². The minimum Gasteiger partial charge on any atom is -0.479 e. The van der Waals surface area contributed by atoms with Crippen LogP contribution in [0.3, 0.4) is 0 Å². The molecule has 0 amide bonds. The quantitative estimate of drug-likeness (QED) is 0.190. The molecule has 0 fully saturated rings. The summed E-state index contributed by atoms with van der Waals surface area (Å²) in [5.74, 6) is -3.84. The fourth-order valence-electron chi connectivity index (χ4n) is 4.52. The van der Waals surface area contributed by atoms with Gasteiger partial charge in [0.1, 0.15) is 16.9 Å². The molecule has 2 N–H and O–H groups in total. The molecule has 16 heteroatoms. The highest BCUT2D eigenvalue weighted by molar-refractivity contribution is 7.15. The highest BCUT2D eigenvalue weighted by Crippen LogP contribution is 2.40. The number of methoxy groups -OCH3 is 1. The van der Waals surface area contributed by atoms with E-state index in [1.54, 1.807) is 17.4 Å². The van der Waals surface area contributed by atoms with Gasteiger partial charge in [0.2, 0.25) is 0 Å². The van der Waals surface area contributed by atoms with Crippen molar-refractivity contribution in [1.82, 2.24) is 14.8 Å². The molecule has 0 unspecified atom stereocenters. The van der Waals surface area contributed by atoms with Gasteiger partial charge in [0.25, 0.3) is 0 Å². The predicted octanol–water partition coefficient (Wildman–Crippen LogP) is 5.61. The predicted molar refractivity (Wildman–Crippen MR) is 157 cm³/mol. The summed E-state index contributed by atoms with van der Waals surface area (Å²) in [6.45, 7) is 5.35. The topological polar surface area (TPSA) is 153 Å². The summed E-state index contributed by atoms with van der Waals surface area (Å²) in [7, 11) is 1.34. The number of carbonyl (C=O) groups excluding carboxylic acids is 1. The van der Waals surface area contributed by atoms with Crippen molar-refractivity contribution in [2.75, 3.05) is 13.7 Å². The van der Waals surface area contributed by atoms with E-state index in [2.05, 4.69) is 17.1 Å². The molecule has 242 valence electrons. The number of hydrogen-bond acceptors (Lipinski definition) is 9. The molecular weight excluding hydrogens is 636 g/mol. The number of benzene rings is 2. The molecule has 3 heterocycles. The van der Waals surface area contributed by atoms with Gasteiger partial charge in [-0.15, -0.1) is 21.5 Å². The number of carboxylic acid groups (broad SMARTS) is 2. The molecule has 1 atom stereocenters. The largest absolute Gasteiger partial charge is 0.490 e. The van der Waals surface area contributed by atoms with Crippen LogP contribution in [0.1, 0.15) is 45.7 Å². The van der Waals surface area contributed by atoms with Gasteiger partial charge in [-0.3, -0.25) is 14.4 Å². The minimum absolute atomic E-state index is 0.0127. The van der Waals surface area contributed by atoms with Gasteiger partial charge in [0, 0.05) is 16.0 Å². The molecule has 0 aliphatic carbocycles. The zero-order valence-corrected chi connectivity index (χ0v) is 25.5. The number of halogens is 4. The van der Waals surface area contributed by atoms with Crippen molar-refractivity contribution in [3.63, 3.8) is 0 Å². The molecule has 0 saturated carbocycles. The third kappa shape index (κ3) is 7.22. The Morgan fingerprint density at radius 3 is 2.15 bits per heavy atom. The Morgan fingerprint density at radius 2 is 1.59 bits per heavy atom. The summed E-state index contributed by atoms with van der Waals surface area (Å²) >= 11 is 1.62. The van der Waals surface area contributed by atoms with E-state index in [1.165, 1.54) is 19.2 Å². The lowest BCUT2D eigenvalue weighted by Gasteiger charge is -2.12. The summed E-state index contributed by atoms with van der Waals surface area (Å²) in [5.41, 5.74) is 4.95. The van der Waals surface area contributed by atoms with Crippen LogP contribution < -0.4 is 4.74 Å². The number of carboxylic acids is 2. The van der Waals surface area contributed by atoms with Crippen LogP contribution in [0.25, 0.3) is 16.1 Å². The van der Waals surface area contributed by atoms with Gasteiger partial charge in [-0.1, -0.05) is 30.3 Å². The van der Waals surface area contributed by atoms with Crippen LogP contribution in [0.5, 0.6) is 5.75 Å². The number of carbonyl (C=O) groups is 3. The maximum atomic E-state index is 14.5. The molecule has 1 aliphatic heterocycles. The molecule has 4 aromatic rings. The monoisotopic (exact) mass is 662 g/mol. The molecule has 0 bridgehead atoms. The van der Waals surface area contributed by atoms with Crippen LogP contribution in [0.4, 0.5) is 17.6 Å². The van der Waals surface area contributed by atoms with E-state index < -0.39 is 42.6 Å². The van der Waals surface area contributed by atoms with E-state index in [1.807, 2.05) is 42.7 Å². The molecule has 11 nitrogen and oxygen atoms in total. The van der Waals surface area contributed by atoms with Crippen LogP contribution in [0.2, 0.25) is 0 Å². The first-order valence-corrected chi connectivity index (χ1v) is 14.2. The molecule has 0 radical (unpaired) electrons. The van der Waals surface area contributed by atoms with E-state index >= 15 is 0 Å². The number of rotatable bonds is 7. The Hall–Kier alpha value is -5.12. The number of aromatic nitrogens is 3. The minimum atomic E-state index is -5.08. The fraction of sp³-hybridized carbons (Fsp3) is 0.267. The molecule has 2 aromatic heterocycles. The average molecular weight is 663 g/mol. The van der Waals surface area contributed by atoms with Crippen molar-refractivity contribution in [2.24, 2.45) is 4.99 Å². The van der Waals surface area contributed by atoms with E-state index in [-0.39, 0.29) is 12.2 Å². The Kier molecular flexibility index (Phi) is 9.89. The number of alkyl halides is 3. The first kappa shape index (κ1) is 33.8. The van der Waals surface area contributed by atoms with Crippen molar-refractivity contribution in [1.29, 1.82) is 0 Å². The fourth-order valence-corrected chi connectivity index (χ4v) is 5.74. The van der Waals surface area contributed by atoms with E-state index in [9.17, 15) is 27.2 Å². The average Bonchev–Trinajstić information content (AvgIpc) is 3.47. The summed E-state index contributed by atoms with van der Waals surface area (Å²) in [5, 5.41) is 25.5. The number of aryl methyl sites for hydroxylation is 2. The second kappa shape index (κ2) is 13.5. The summed E-state index contributed by atoms with van der Waals surface area (Å²) in [6, 6.07) is 11.3. The second-order valence-corrected chi connectivity index (χ2v) is 11.1. The number of thiophene rings is 1. The lowest BCUT2D eigenvalue weighted by molar-refractivity contribution is -0.192. The number of esters is 1.